The van der Waals surface area contributed by atoms with Crippen molar-refractivity contribution in [1.29, 1.82) is 0 Å². The molecule has 5 nitrogen and oxygen atoms in total. The number of imidazole rings is 1. The van der Waals surface area contributed by atoms with Crippen molar-refractivity contribution in [3.8, 4) is 0 Å². The van der Waals surface area contributed by atoms with Crippen molar-refractivity contribution in [1.82, 2.24) is 24.4 Å². The molecule has 4 heterocycles. The van der Waals surface area contributed by atoms with E-state index in [0.29, 0.717) is 5.92 Å². The minimum absolute atomic E-state index is 0.487. The Balaban J connectivity index is 1.56. The summed E-state index contributed by atoms with van der Waals surface area (Å²) in [6, 6.07) is 8.17. The van der Waals surface area contributed by atoms with E-state index in [0.717, 1.165) is 43.8 Å². The zero-order chi connectivity index (χ0) is 15.6. The van der Waals surface area contributed by atoms with Crippen molar-refractivity contribution >= 4 is 11.2 Å². The van der Waals surface area contributed by atoms with Crippen molar-refractivity contribution in [3.05, 3.63) is 54.2 Å². The van der Waals surface area contributed by atoms with Gasteiger partial charge in [0.15, 0.2) is 5.65 Å². The molecular weight excluding hydrogens is 286 g/mol. The molecule has 0 spiro atoms. The second-order valence-electron chi connectivity index (χ2n) is 6.14. The van der Waals surface area contributed by atoms with Crippen LogP contribution in [0.25, 0.3) is 11.2 Å². The van der Waals surface area contributed by atoms with Gasteiger partial charge in [-0.05, 0) is 43.7 Å². The predicted octanol–water partition coefficient (Wildman–Crippen LogP) is 2.84. The molecule has 1 aliphatic rings. The number of likely N-dealkylation sites (tertiary alicyclic amines) is 1. The Bertz CT molecular complexity index is 796. The minimum Gasteiger partial charge on any atom is -0.313 e. The molecule has 5 heteroatoms. The lowest BCUT2D eigenvalue weighted by atomic mass is 10.1. The molecule has 3 aromatic heterocycles. The van der Waals surface area contributed by atoms with Gasteiger partial charge in [0, 0.05) is 44.1 Å². The summed E-state index contributed by atoms with van der Waals surface area (Å²) in [5.41, 5.74) is 3.30. The highest BCUT2D eigenvalue weighted by atomic mass is 15.2. The first-order valence-corrected chi connectivity index (χ1v) is 8.27. The summed E-state index contributed by atoms with van der Waals surface area (Å²) in [6.07, 6.45) is 6.79. The van der Waals surface area contributed by atoms with Gasteiger partial charge < -0.3 is 4.57 Å². The van der Waals surface area contributed by atoms with Crippen LogP contribution in [-0.2, 0) is 13.1 Å². The first-order valence-electron chi connectivity index (χ1n) is 8.27. The van der Waals surface area contributed by atoms with Crippen LogP contribution in [0.5, 0.6) is 0 Å². The van der Waals surface area contributed by atoms with E-state index in [1.165, 1.54) is 11.4 Å². The molecule has 1 saturated heterocycles. The summed E-state index contributed by atoms with van der Waals surface area (Å²) in [5.74, 6) is 1.68. The van der Waals surface area contributed by atoms with Gasteiger partial charge in [-0.2, -0.15) is 0 Å². The van der Waals surface area contributed by atoms with Gasteiger partial charge in [0.25, 0.3) is 0 Å². The fraction of sp³-hybridized carbons (Fsp3) is 0.389. The van der Waals surface area contributed by atoms with E-state index in [2.05, 4.69) is 38.5 Å². The first kappa shape index (κ1) is 14.3. The van der Waals surface area contributed by atoms with Crippen molar-refractivity contribution in [2.75, 3.05) is 13.1 Å². The van der Waals surface area contributed by atoms with Gasteiger partial charge in [-0.3, -0.25) is 9.88 Å². The minimum atomic E-state index is 0.487. The van der Waals surface area contributed by atoms with E-state index in [4.69, 9.17) is 4.98 Å². The zero-order valence-electron chi connectivity index (χ0n) is 13.4. The second-order valence-corrected chi connectivity index (χ2v) is 6.14. The molecule has 0 radical (unpaired) electrons. The molecule has 3 aromatic rings. The van der Waals surface area contributed by atoms with Gasteiger partial charge >= 0.3 is 0 Å². The molecule has 0 saturated carbocycles. The average molecular weight is 307 g/mol. The van der Waals surface area contributed by atoms with Crippen molar-refractivity contribution in [2.45, 2.75) is 32.4 Å². The molecule has 118 valence electrons. The van der Waals surface area contributed by atoms with Crippen LogP contribution in [0.4, 0.5) is 0 Å². The highest BCUT2D eigenvalue weighted by Crippen LogP contribution is 2.29. The SMILES string of the molecule is CCn1c(C2CCN(Cc3cccnc3)C2)nc2cccnc21. The Morgan fingerprint density at radius 2 is 2.13 bits per heavy atom. The smallest absolute Gasteiger partial charge is 0.159 e. The number of fused-ring (bicyclic) bond motifs is 1. The summed E-state index contributed by atoms with van der Waals surface area (Å²) in [4.78, 5) is 16.1. The highest BCUT2D eigenvalue weighted by molar-refractivity contribution is 5.71. The molecule has 4 rings (SSSR count). The number of pyridine rings is 2. The normalized spacial score (nSPS) is 18.7. The quantitative estimate of drug-likeness (QED) is 0.743. The Kier molecular flexibility index (Phi) is 3.79. The third-order valence-corrected chi connectivity index (χ3v) is 4.62. The monoisotopic (exact) mass is 307 g/mol. The summed E-state index contributed by atoms with van der Waals surface area (Å²) in [6.45, 7) is 6.22. The van der Waals surface area contributed by atoms with Crippen molar-refractivity contribution < 1.29 is 0 Å². The van der Waals surface area contributed by atoms with Crippen LogP contribution in [0, 0.1) is 0 Å². The van der Waals surface area contributed by atoms with Gasteiger partial charge in [-0.25, -0.2) is 9.97 Å². The van der Waals surface area contributed by atoms with Crippen LogP contribution in [0.15, 0.2) is 42.9 Å². The number of hydrogen-bond donors (Lipinski definition) is 0. The standard InChI is InChI=1S/C18H21N5/c1-2-23-17(21-16-6-4-9-20-18(16)23)15-7-10-22(13-15)12-14-5-3-8-19-11-14/h3-6,8-9,11,15H,2,7,10,12-13H2,1H3. The van der Waals surface area contributed by atoms with Crippen LogP contribution < -0.4 is 0 Å². The third kappa shape index (κ3) is 2.72. The van der Waals surface area contributed by atoms with Gasteiger partial charge in [0.2, 0.25) is 0 Å². The zero-order valence-corrected chi connectivity index (χ0v) is 13.4. The molecule has 0 aliphatic carbocycles. The third-order valence-electron chi connectivity index (χ3n) is 4.62. The fourth-order valence-electron chi connectivity index (χ4n) is 3.54. The maximum atomic E-state index is 4.87. The Morgan fingerprint density at radius 1 is 1.22 bits per heavy atom. The molecule has 0 amide bonds. The van der Waals surface area contributed by atoms with Crippen molar-refractivity contribution in [3.63, 3.8) is 0 Å². The number of aryl methyl sites for hydroxylation is 1. The van der Waals surface area contributed by atoms with E-state index in [9.17, 15) is 0 Å². The number of hydrogen-bond acceptors (Lipinski definition) is 4. The summed E-state index contributed by atoms with van der Waals surface area (Å²) >= 11 is 0. The average Bonchev–Trinajstić information content (AvgIpc) is 3.19. The highest BCUT2D eigenvalue weighted by Gasteiger charge is 2.28. The van der Waals surface area contributed by atoms with Crippen molar-refractivity contribution in [2.24, 2.45) is 0 Å². The first-order chi connectivity index (χ1) is 11.3. The fourth-order valence-corrected chi connectivity index (χ4v) is 3.54. The van der Waals surface area contributed by atoms with E-state index in [1.807, 2.05) is 30.7 Å². The second kappa shape index (κ2) is 6.08. The molecule has 1 unspecified atom stereocenters. The molecule has 0 aromatic carbocycles. The molecule has 1 atom stereocenters. The predicted molar refractivity (Wildman–Crippen MR) is 90.1 cm³/mol. The Hall–Kier alpha value is -2.27. The molecule has 0 N–H and O–H groups in total. The van der Waals surface area contributed by atoms with Crippen LogP contribution >= 0.6 is 0 Å². The van der Waals surface area contributed by atoms with Crippen LogP contribution in [-0.4, -0.2) is 37.5 Å². The molecule has 1 aliphatic heterocycles. The lowest BCUT2D eigenvalue weighted by molar-refractivity contribution is 0.324. The number of aromatic nitrogens is 4. The molecule has 1 fully saturated rings. The molecular formula is C18H21N5. The van der Waals surface area contributed by atoms with E-state index >= 15 is 0 Å². The molecule has 0 bridgehead atoms. The largest absolute Gasteiger partial charge is 0.313 e. The lowest BCUT2D eigenvalue weighted by Gasteiger charge is -2.16. The van der Waals surface area contributed by atoms with Gasteiger partial charge in [-0.15, -0.1) is 0 Å². The summed E-state index contributed by atoms with van der Waals surface area (Å²) in [7, 11) is 0. The van der Waals surface area contributed by atoms with Gasteiger partial charge in [0.05, 0.1) is 0 Å². The topological polar surface area (TPSA) is 46.8 Å². The Labute approximate surface area is 136 Å². The summed E-state index contributed by atoms with van der Waals surface area (Å²) in [5, 5.41) is 0. The maximum Gasteiger partial charge on any atom is 0.159 e. The molecule has 23 heavy (non-hydrogen) atoms. The van der Waals surface area contributed by atoms with Crippen LogP contribution in [0.1, 0.15) is 30.7 Å². The van der Waals surface area contributed by atoms with Crippen LogP contribution in [0.2, 0.25) is 0 Å². The van der Waals surface area contributed by atoms with Gasteiger partial charge in [0.1, 0.15) is 11.3 Å². The van der Waals surface area contributed by atoms with E-state index in [-0.39, 0.29) is 0 Å². The van der Waals surface area contributed by atoms with E-state index < -0.39 is 0 Å². The van der Waals surface area contributed by atoms with Gasteiger partial charge in [-0.1, -0.05) is 6.07 Å². The lowest BCUT2D eigenvalue weighted by Crippen LogP contribution is -2.20. The van der Waals surface area contributed by atoms with Crippen LogP contribution in [0.3, 0.4) is 0 Å². The number of nitrogens with zero attached hydrogens (tertiary/aromatic N) is 5. The van der Waals surface area contributed by atoms with E-state index in [1.54, 1.807) is 0 Å². The summed E-state index contributed by atoms with van der Waals surface area (Å²) < 4.78 is 2.27. The number of rotatable bonds is 4. The Morgan fingerprint density at radius 3 is 2.96 bits per heavy atom. The maximum absolute atomic E-state index is 4.87.